The van der Waals surface area contributed by atoms with E-state index in [9.17, 15) is 4.39 Å². The Morgan fingerprint density at radius 2 is 2.00 bits per heavy atom. The molecule has 1 N–H and O–H groups in total. The number of aryl methyl sites for hydroxylation is 2. The molecule has 0 saturated carbocycles. The van der Waals surface area contributed by atoms with Crippen LogP contribution in [-0.2, 0) is 6.61 Å². The third kappa shape index (κ3) is 2.84. The normalized spacial score (nSPS) is 10.4. The van der Waals surface area contributed by atoms with Crippen LogP contribution in [0.4, 0.5) is 4.39 Å². The van der Waals surface area contributed by atoms with E-state index in [0.717, 1.165) is 5.56 Å². The highest BCUT2D eigenvalue weighted by molar-refractivity contribution is 5.34. The van der Waals surface area contributed by atoms with Gasteiger partial charge in [-0.15, -0.1) is 0 Å². The van der Waals surface area contributed by atoms with Gasteiger partial charge in [0, 0.05) is 11.8 Å². The number of hydrogen-bond acceptors (Lipinski definition) is 3. The van der Waals surface area contributed by atoms with E-state index in [2.05, 4.69) is 4.98 Å². The summed E-state index contributed by atoms with van der Waals surface area (Å²) < 4.78 is 19.0. The first-order chi connectivity index (χ1) is 8.58. The summed E-state index contributed by atoms with van der Waals surface area (Å²) in [5.41, 5.74) is 2.30. The van der Waals surface area contributed by atoms with E-state index in [1.165, 1.54) is 6.07 Å². The van der Waals surface area contributed by atoms with Crippen LogP contribution in [0.5, 0.6) is 11.6 Å². The maximum atomic E-state index is 13.5. The molecule has 0 amide bonds. The molecule has 0 bridgehead atoms. The molecule has 0 unspecified atom stereocenters. The lowest BCUT2D eigenvalue weighted by atomic mass is 10.2. The first-order valence-electron chi connectivity index (χ1n) is 5.61. The average molecular weight is 247 g/mol. The smallest absolute Gasteiger partial charge is 0.219 e. The van der Waals surface area contributed by atoms with Crippen LogP contribution >= 0.6 is 0 Å². The Hall–Kier alpha value is -1.94. The van der Waals surface area contributed by atoms with E-state index in [1.807, 2.05) is 6.92 Å². The summed E-state index contributed by atoms with van der Waals surface area (Å²) in [6, 6.07) is 7.98. The maximum Gasteiger partial charge on any atom is 0.219 e. The molecule has 1 heterocycles. The van der Waals surface area contributed by atoms with Gasteiger partial charge in [0.05, 0.1) is 6.61 Å². The number of ether oxygens (including phenoxy) is 1. The molecular weight excluding hydrogens is 233 g/mol. The van der Waals surface area contributed by atoms with Gasteiger partial charge >= 0.3 is 0 Å². The van der Waals surface area contributed by atoms with E-state index in [1.54, 1.807) is 31.2 Å². The van der Waals surface area contributed by atoms with E-state index >= 15 is 0 Å². The van der Waals surface area contributed by atoms with Gasteiger partial charge in [0.15, 0.2) is 11.6 Å². The first kappa shape index (κ1) is 12.5. The quantitative estimate of drug-likeness (QED) is 0.906. The molecule has 2 rings (SSSR count). The van der Waals surface area contributed by atoms with Gasteiger partial charge in [0.2, 0.25) is 5.88 Å². The minimum Gasteiger partial charge on any atom is -0.436 e. The fourth-order valence-corrected chi connectivity index (χ4v) is 1.65. The Kier molecular flexibility index (Phi) is 3.58. The second kappa shape index (κ2) is 5.14. The fourth-order valence-electron chi connectivity index (χ4n) is 1.65. The van der Waals surface area contributed by atoms with Crippen molar-refractivity contribution in [3.8, 4) is 11.6 Å². The predicted molar refractivity (Wildman–Crippen MR) is 66.1 cm³/mol. The van der Waals surface area contributed by atoms with Gasteiger partial charge in [0.1, 0.15) is 0 Å². The Bertz CT molecular complexity index is 570. The van der Waals surface area contributed by atoms with Crippen molar-refractivity contribution in [2.75, 3.05) is 0 Å². The topological polar surface area (TPSA) is 42.4 Å². The fraction of sp³-hybridized carbons (Fsp3) is 0.214. The Morgan fingerprint density at radius 1 is 1.22 bits per heavy atom. The molecule has 0 saturated heterocycles. The lowest BCUT2D eigenvalue weighted by molar-refractivity contribution is 0.280. The molecule has 1 aromatic heterocycles. The second-order valence-corrected chi connectivity index (χ2v) is 4.15. The van der Waals surface area contributed by atoms with Crippen molar-refractivity contribution < 1.29 is 14.2 Å². The lowest BCUT2D eigenvalue weighted by Gasteiger charge is -2.08. The molecule has 0 spiro atoms. The third-order valence-corrected chi connectivity index (χ3v) is 2.47. The number of rotatable bonds is 3. The molecule has 2 aromatic rings. The highest BCUT2D eigenvalue weighted by Gasteiger charge is 2.07. The molecule has 94 valence electrons. The van der Waals surface area contributed by atoms with Gasteiger partial charge in [-0.2, -0.15) is 0 Å². The molecular formula is C14H14FNO2. The van der Waals surface area contributed by atoms with Crippen molar-refractivity contribution in [3.05, 3.63) is 53.0 Å². The van der Waals surface area contributed by atoms with Crippen molar-refractivity contribution in [1.82, 2.24) is 4.98 Å². The monoisotopic (exact) mass is 247 g/mol. The molecule has 0 aliphatic carbocycles. The van der Waals surface area contributed by atoms with Gasteiger partial charge in [-0.3, -0.25) is 0 Å². The SMILES string of the molecule is Cc1ccc(F)c(Oc2cc(CO)cc(C)n2)c1. The van der Waals surface area contributed by atoms with Gasteiger partial charge in [0.25, 0.3) is 0 Å². The Morgan fingerprint density at radius 3 is 2.72 bits per heavy atom. The van der Waals surface area contributed by atoms with Crippen LogP contribution in [0.2, 0.25) is 0 Å². The number of benzene rings is 1. The minimum atomic E-state index is -0.436. The second-order valence-electron chi connectivity index (χ2n) is 4.15. The largest absolute Gasteiger partial charge is 0.436 e. The molecule has 0 aliphatic rings. The summed E-state index contributed by atoms with van der Waals surface area (Å²) in [6.45, 7) is 3.55. The number of pyridine rings is 1. The van der Waals surface area contributed by atoms with Gasteiger partial charge in [-0.25, -0.2) is 9.37 Å². The molecule has 1 aromatic carbocycles. The minimum absolute atomic E-state index is 0.101. The van der Waals surface area contributed by atoms with Gasteiger partial charge in [-0.1, -0.05) is 6.07 Å². The number of halogens is 1. The highest BCUT2D eigenvalue weighted by Crippen LogP contribution is 2.25. The third-order valence-electron chi connectivity index (χ3n) is 2.47. The van der Waals surface area contributed by atoms with Gasteiger partial charge in [-0.05, 0) is 43.2 Å². The van der Waals surface area contributed by atoms with Crippen molar-refractivity contribution in [1.29, 1.82) is 0 Å². The van der Waals surface area contributed by atoms with Crippen LogP contribution in [0.3, 0.4) is 0 Å². The number of aliphatic hydroxyl groups is 1. The summed E-state index contributed by atoms with van der Waals surface area (Å²) >= 11 is 0. The first-order valence-corrected chi connectivity index (χ1v) is 5.61. The van der Waals surface area contributed by atoms with Crippen molar-refractivity contribution >= 4 is 0 Å². The van der Waals surface area contributed by atoms with Crippen molar-refractivity contribution in [2.45, 2.75) is 20.5 Å². The highest BCUT2D eigenvalue weighted by atomic mass is 19.1. The van der Waals surface area contributed by atoms with Crippen LogP contribution in [0, 0.1) is 19.7 Å². The summed E-state index contributed by atoms with van der Waals surface area (Å²) in [4.78, 5) is 4.15. The number of hydrogen-bond donors (Lipinski definition) is 1. The lowest BCUT2D eigenvalue weighted by Crippen LogP contribution is -1.95. The molecule has 0 atom stereocenters. The number of aromatic nitrogens is 1. The summed E-state index contributed by atoms with van der Waals surface area (Å²) in [7, 11) is 0. The van der Waals surface area contributed by atoms with E-state index in [4.69, 9.17) is 9.84 Å². The van der Waals surface area contributed by atoms with Crippen LogP contribution in [0.25, 0.3) is 0 Å². The summed E-state index contributed by atoms with van der Waals surface area (Å²) in [5, 5.41) is 9.09. The predicted octanol–water partition coefficient (Wildman–Crippen LogP) is 3.12. The molecule has 0 fully saturated rings. The van der Waals surface area contributed by atoms with Crippen molar-refractivity contribution in [2.24, 2.45) is 0 Å². The molecule has 18 heavy (non-hydrogen) atoms. The van der Waals surface area contributed by atoms with Crippen LogP contribution in [0.15, 0.2) is 30.3 Å². The van der Waals surface area contributed by atoms with E-state index in [0.29, 0.717) is 11.3 Å². The standard InChI is InChI=1S/C14H14FNO2/c1-9-3-4-12(15)13(5-9)18-14-7-11(8-17)6-10(2)16-14/h3-7,17H,8H2,1-2H3. The zero-order valence-corrected chi connectivity index (χ0v) is 10.3. The molecule has 0 aliphatic heterocycles. The van der Waals surface area contributed by atoms with Gasteiger partial charge < -0.3 is 9.84 Å². The zero-order chi connectivity index (χ0) is 13.1. The van der Waals surface area contributed by atoms with Crippen LogP contribution < -0.4 is 4.74 Å². The van der Waals surface area contributed by atoms with Crippen molar-refractivity contribution in [3.63, 3.8) is 0 Å². The van der Waals surface area contributed by atoms with E-state index < -0.39 is 5.82 Å². The summed E-state index contributed by atoms with van der Waals surface area (Å²) in [5.74, 6) is -0.0185. The van der Waals surface area contributed by atoms with E-state index in [-0.39, 0.29) is 18.2 Å². The zero-order valence-electron chi connectivity index (χ0n) is 10.3. The summed E-state index contributed by atoms with van der Waals surface area (Å²) in [6.07, 6.45) is 0. The number of aliphatic hydroxyl groups excluding tert-OH is 1. The Labute approximate surface area is 105 Å². The molecule has 4 heteroatoms. The average Bonchev–Trinajstić information content (AvgIpc) is 2.33. The maximum absolute atomic E-state index is 13.5. The van der Waals surface area contributed by atoms with Crippen LogP contribution in [-0.4, -0.2) is 10.1 Å². The molecule has 0 radical (unpaired) electrons. The Balaban J connectivity index is 2.33. The number of nitrogens with zero attached hydrogens (tertiary/aromatic N) is 1. The van der Waals surface area contributed by atoms with Crippen LogP contribution in [0.1, 0.15) is 16.8 Å². The molecule has 3 nitrogen and oxygen atoms in total.